The molecule has 7 nitrogen and oxygen atoms in total. The van der Waals surface area contributed by atoms with Gasteiger partial charge in [0.15, 0.2) is 5.28 Å². The summed E-state index contributed by atoms with van der Waals surface area (Å²) in [6.07, 6.45) is 1.42. The van der Waals surface area contributed by atoms with Crippen molar-refractivity contribution in [3.05, 3.63) is 30.3 Å². The molecule has 0 aliphatic carbocycles. The number of hydrogen-bond acceptors (Lipinski definition) is 6. The maximum Gasteiger partial charge on any atom is 0.358 e. The SMILES string of the molecule is CCOP(=O)(OCC)[C@]1(C)N=C[C@H]2C(=O)N(c3ccccc3)C(=O)[C@H]21. The molecule has 134 valence electrons. The van der Waals surface area contributed by atoms with Gasteiger partial charge in [0.25, 0.3) is 0 Å². The highest BCUT2D eigenvalue weighted by Gasteiger charge is 2.66. The Labute approximate surface area is 146 Å². The Hall–Kier alpha value is -1.82. The normalized spacial score (nSPS) is 28.7. The lowest BCUT2D eigenvalue weighted by molar-refractivity contribution is -0.122. The van der Waals surface area contributed by atoms with Crippen LogP contribution in [0, 0.1) is 11.8 Å². The van der Waals surface area contributed by atoms with Crippen molar-refractivity contribution in [2.75, 3.05) is 18.1 Å². The lowest BCUT2D eigenvalue weighted by atomic mass is 9.93. The molecule has 1 fully saturated rings. The van der Waals surface area contributed by atoms with E-state index in [4.69, 9.17) is 9.05 Å². The van der Waals surface area contributed by atoms with Crippen LogP contribution in [0.1, 0.15) is 20.8 Å². The van der Waals surface area contributed by atoms with E-state index >= 15 is 0 Å². The standard InChI is InChI=1S/C17H21N2O5P/c1-4-23-25(22,24-5-2)17(3)14-13(11-18-17)15(20)19(16(14)21)12-9-7-6-8-10-12/h6-11,13-14H,4-5H2,1-3H3/t13-,14+,17+/m1/s1. The molecule has 0 radical (unpaired) electrons. The molecule has 0 N–H and O–H groups in total. The Morgan fingerprint density at radius 2 is 1.72 bits per heavy atom. The van der Waals surface area contributed by atoms with Gasteiger partial charge in [0.2, 0.25) is 11.8 Å². The number of anilines is 1. The summed E-state index contributed by atoms with van der Waals surface area (Å²) in [7, 11) is -3.73. The van der Waals surface area contributed by atoms with E-state index in [2.05, 4.69) is 4.99 Å². The van der Waals surface area contributed by atoms with Gasteiger partial charge < -0.3 is 9.05 Å². The Balaban J connectivity index is 2.03. The average Bonchev–Trinajstić information content (AvgIpc) is 3.07. The van der Waals surface area contributed by atoms with E-state index in [1.165, 1.54) is 6.21 Å². The molecule has 2 aliphatic heterocycles. The van der Waals surface area contributed by atoms with Gasteiger partial charge in [-0.05, 0) is 32.9 Å². The van der Waals surface area contributed by atoms with Crippen LogP contribution in [0.5, 0.6) is 0 Å². The Morgan fingerprint density at radius 1 is 1.12 bits per heavy atom. The Bertz CT molecular complexity index is 756. The molecule has 2 heterocycles. The minimum Gasteiger partial charge on any atom is -0.307 e. The Kier molecular flexibility index (Phi) is 4.66. The van der Waals surface area contributed by atoms with Crippen LogP contribution in [0.25, 0.3) is 0 Å². The second-order valence-corrected chi connectivity index (χ2v) is 8.47. The third-order valence-electron chi connectivity index (χ3n) is 4.60. The zero-order valence-electron chi connectivity index (χ0n) is 14.4. The quantitative estimate of drug-likeness (QED) is 0.572. The van der Waals surface area contributed by atoms with Gasteiger partial charge in [-0.1, -0.05) is 18.2 Å². The number of para-hydroxylation sites is 1. The predicted octanol–water partition coefficient (Wildman–Crippen LogP) is 2.86. The van der Waals surface area contributed by atoms with Gasteiger partial charge in [-0.2, -0.15) is 0 Å². The highest BCUT2D eigenvalue weighted by Crippen LogP contribution is 2.67. The number of hydrogen-bond donors (Lipinski definition) is 0. The summed E-state index contributed by atoms with van der Waals surface area (Å²) in [6, 6.07) is 8.69. The topological polar surface area (TPSA) is 85.3 Å². The number of rotatable bonds is 6. The summed E-state index contributed by atoms with van der Waals surface area (Å²) in [5.74, 6) is -2.45. The van der Waals surface area contributed by atoms with Crippen molar-refractivity contribution >= 4 is 31.3 Å². The second kappa shape index (κ2) is 6.48. The van der Waals surface area contributed by atoms with Crippen molar-refractivity contribution in [3.63, 3.8) is 0 Å². The van der Waals surface area contributed by atoms with Crippen LogP contribution in [0.15, 0.2) is 35.3 Å². The largest absolute Gasteiger partial charge is 0.358 e. The molecule has 1 saturated heterocycles. The van der Waals surface area contributed by atoms with E-state index in [9.17, 15) is 14.2 Å². The Morgan fingerprint density at radius 3 is 2.28 bits per heavy atom. The van der Waals surface area contributed by atoms with Crippen LogP contribution in [0.4, 0.5) is 5.69 Å². The zero-order chi connectivity index (χ0) is 18.2. The molecule has 2 amide bonds. The number of fused-ring (bicyclic) bond motifs is 1. The highest BCUT2D eigenvalue weighted by molar-refractivity contribution is 7.55. The zero-order valence-corrected chi connectivity index (χ0v) is 15.3. The first-order valence-corrected chi connectivity index (χ1v) is 9.81. The first kappa shape index (κ1) is 18.0. The summed E-state index contributed by atoms with van der Waals surface area (Å²) in [5.41, 5.74) is 0.491. The first-order valence-electron chi connectivity index (χ1n) is 8.27. The van der Waals surface area contributed by atoms with Crippen molar-refractivity contribution in [1.29, 1.82) is 0 Å². The average molecular weight is 364 g/mol. The number of carbonyl (C=O) groups is 2. The molecule has 0 unspecified atom stereocenters. The van der Waals surface area contributed by atoms with Gasteiger partial charge in [-0.15, -0.1) is 0 Å². The van der Waals surface area contributed by atoms with E-state index < -0.39 is 30.6 Å². The third kappa shape index (κ3) is 2.58. The summed E-state index contributed by atoms with van der Waals surface area (Å²) in [6.45, 7) is 5.28. The van der Waals surface area contributed by atoms with Crippen LogP contribution >= 0.6 is 7.60 Å². The van der Waals surface area contributed by atoms with Crippen LogP contribution in [-0.4, -0.2) is 36.5 Å². The molecule has 1 aromatic rings. The third-order valence-corrected chi connectivity index (χ3v) is 7.30. The molecule has 1 aromatic carbocycles. The molecule has 8 heteroatoms. The van der Waals surface area contributed by atoms with E-state index in [1.807, 2.05) is 0 Å². The van der Waals surface area contributed by atoms with E-state index in [0.717, 1.165) is 4.90 Å². The molecular weight excluding hydrogens is 343 g/mol. The van der Waals surface area contributed by atoms with Crippen molar-refractivity contribution in [1.82, 2.24) is 0 Å². The summed E-state index contributed by atoms with van der Waals surface area (Å²) >= 11 is 0. The van der Waals surface area contributed by atoms with Gasteiger partial charge in [-0.3, -0.25) is 19.1 Å². The fourth-order valence-electron chi connectivity index (χ4n) is 3.44. The first-order chi connectivity index (χ1) is 11.9. The summed E-state index contributed by atoms with van der Waals surface area (Å²) in [4.78, 5) is 31.3. The molecular formula is C17H21N2O5P. The fraction of sp³-hybridized carbons (Fsp3) is 0.471. The number of imide groups is 1. The molecule has 0 saturated carbocycles. The second-order valence-electron chi connectivity index (χ2n) is 6.06. The molecule has 25 heavy (non-hydrogen) atoms. The molecule has 2 aliphatic rings. The lowest BCUT2D eigenvalue weighted by Gasteiger charge is -2.33. The highest BCUT2D eigenvalue weighted by atomic mass is 31.2. The number of benzene rings is 1. The lowest BCUT2D eigenvalue weighted by Crippen LogP contribution is -2.39. The minimum atomic E-state index is -3.73. The summed E-state index contributed by atoms with van der Waals surface area (Å²) < 4.78 is 24.2. The van der Waals surface area contributed by atoms with Gasteiger partial charge in [-0.25, -0.2) is 4.90 Å². The number of nitrogens with zero attached hydrogens (tertiary/aromatic N) is 2. The molecule has 0 aromatic heterocycles. The maximum absolute atomic E-state index is 13.3. The molecule has 3 rings (SSSR count). The van der Waals surface area contributed by atoms with Crippen LogP contribution in [-0.2, 0) is 23.2 Å². The smallest absolute Gasteiger partial charge is 0.307 e. The maximum atomic E-state index is 13.3. The van der Waals surface area contributed by atoms with Crippen LogP contribution < -0.4 is 4.90 Å². The van der Waals surface area contributed by atoms with Crippen LogP contribution in [0.3, 0.4) is 0 Å². The number of carbonyl (C=O) groups excluding carboxylic acids is 2. The molecule has 0 bridgehead atoms. The van der Waals surface area contributed by atoms with Gasteiger partial charge in [0.05, 0.1) is 30.7 Å². The number of amides is 2. The number of aliphatic imine (C=N–C) groups is 1. The minimum absolute atomic E-state index is 0.157. The monoisotopic (exact) mass is 364 g/mol. The van der Waals surface area contributed by atoms with Gasteiger partial charge in [0.1, 0.15) is 0 Å². The van der Waals surface area contributed by atoms with E-state index in [1.54, 1.807) is 51.1 Å². The van der Waals surface area contributed by atoms with Crippen molar-refractivity contribution in [2.45, 2.75) is 26.1 Å². The van der Waals surface area contributed by atoms with Gasteiger partial charge in [0, 0.05) is 6.21 Å². The predicted molar refractivity (Wildman–Crippen MR) is 93.7 cm³/mol. The van der Waals surface area contributed by atoms with Gasteiger partial charge >= 0.3 is 7.60 Å². The molecule has 0 spiro atoms. The molecule has 3 atom stereocenters. The van der Waals surface area contributed by atoms with E-state index in [0.29, 0.717) is 5.69 Å². The van der Waals surface area contributed by atoms with Crippen molar-refractivity contribution in [2.24, 2.45) is 16.8 Å². The van der Waals surface area contributed by atoms with Crippen LogP contribution in [0.2, 0.25) is 0 Å². The fourth-order valence-corrected chi connectivity index (χ4v) is 5.54. The van der Waals surface area contributed by atoms with Crippen molar-refractivity contribution in [3.8, 4) is 0 Å². The summed E-state index contributed by atoms with van der Waals surface area (Å²) in [5, 5.41) is -1.42. The van der Waals surface area contributed by atoms with E-state index in [-0.39, 0.29) is 19.1 Å². The van der Waals surface area contributed by atoms with Crippen molar-refractivity contribution < 1.29 is 23.2 Å².